The number of nitriles is 1. The maximum atomic E-state index is 11.5. The number of hydrogen-bond acceptors (Lipinski definition) is 3. The molecule has 0 heterocycles. The van der Waals surface area contributed by atoms with Crippen LogP contribution in [0.15, 0.2) is 0 Å². The van der Waals surface area contributed by atoms with Gasteiger partial charge >= 0.3 is 0 Å². The molecule has 6 heteroatoms. The van der Waals surface area contributed by atoms with Crippen LogP contribution in [0.4, 0.5) is 0 Å². The Labute approximate surface area is 78.5 Å². The molecule has 1 fully saturated rings. The second-order valence-corrected chi connectivity index (χ2v) is 4.68. The summed E-state index contributed by atoms with van der Waals surface area (Å²) in [4.78, 5) is 0. The van der Waals surface area contributed by atoms with Crippen molar-refractivity contribution >= 4 is 10.2 Å². The molecule has 0 aromatic rings. The van der Waals surface area contributed by atoms with E-state index in [4.69, 9.17) is 5.26 Å². The van der Waals surface area contributed by atoms with Gasteiger partial charge in [-0.05, 0) is 12.8 Å². The van der Waals surface area contributed by atoms with Crippen LogP contribution in [-0.4, -0.2) is 31.9 Å². The van der Waals surface area contributed by atoms with Crippen molar-refractivity contribution in [1.82, 2.24) is 9.03 Å². The molecule has 0 radical (unpaired) electrons. The van der Waals surface area contributed by atoms with E-state index in [0.717, 1.165) is 17.1 Å². The van der Waals surface area contributed by atoms with Crippen LogP contribution in [-0.2, 0) is 10.2 Å². The molecule has 1 rings (SSSR count). The van der Waals surface area contributed by atoms with Gasteiger partial charge in [-0.15, -0.1) is 0 Å². The van der Waals surface area contributed by atoms with E-state index in [1.54, 1.807) is 6.92 Å². The summed E-state index contributed by atoms with van der Waals surface area (Å²) < 4.78 is 26.6. The molecular weight excluding hydrogens is 190 g/mol. The summed E-state index contributed by atoms with van der Waals surface area (Å²) in [6, 6.07) is 1.92. The van der Waals surface area contributed by atoms with Crippen molar-refractivity contribution in [1.29, 1.82) is 5.26 Å². The lowest BCUT2D eigenvalue weighted by atomic mass is 10.6. The number of nitrogens with one attached hydrogen (secondary N) is 1. The fourth-order valence-corrected chi connectivity index (χ4v) is 2.31. The first-order valence-corrected chi connectivity index (χ1v) is 5.68. The zero-order valence-electron chi connectivity index (χ0n) is 7.52. The van der Waals surface area contributed by atoms with Crippen molar-refractivity contribution in [2.45, 2.75) is 25.8 Å². The molecule has 0 spiro atoms. The summed E-state index contributed by atoms with van der Waals surface area (Å²) in [5.41, 5.74) is 0. The van der Waals surface area contributed by atoms with Gasteiger partial charge in [0.2, 0.25) is 0 Å². The largest absolute Gasteiger partial charge is 0.280 e. The highest BCUT2D eigenvalue weighted by Crippen LogP contribution is 2.20. The van der Waals surface area contributed by atoms with Gasteiger partial charge in [0, 0.05) is 12.6 Å². The molecule has 0 aliphatic heterocycles. The second kappa shape index (κ2) is 4.05. The normalized spacial score (nSPS) is 17.3. The molecule has 0 atom stereocenters. The quantitative estimate of drug-likeness (QED) is 0.630. The predicted octanol–water partition coefficient (Wildman–Crippen LogP) is -0.171. The molecule has 13 heavy (non-hydrogen) atoms. The van der Waals surface area contributed by atoms with Gasteiger partial charge in [-0.2, -0.15) is 22.7 Å². The molecule has 1 saturated carbocycles. The average molecular weight is 203 g/mol. The zero-order valence-corrected chi connectivity index (χ0v) is 8.34. The standard InChI is InChI=1S/C7H13N3O2S/c1-2-10(6-5-8)13(11,12)9-7-3-4-7/h7,9H,2-4,6H2,1H3. The van der Waals surface area contributed by atoms with Gasteiger partial charge in [0.05, 0.1) is 6.07 Å². The van der Waals surface area contributed by atoms with Crippen LogP contribution >= 0.6 is 0 Å². The first-order valence-electron chi connectivity index (χ1n) is 4.24. The van der Waals surface area contributed by atoms with Crippen LogP contribution in [0.3, 0.4) is 0 Å². The van der Waals surface area contributed by atoms with Crippen molar-refractivity contribution in [3.8, 4) is 6.07 Å². The topological polar surface area (TPSA) is 73.2 Å². The van der Waals surface area contributed by atoms with Crippen LogP contribution in [0.2, 0.25) is 0 Å². The van der Waals surface area contributed by atoms with E-state index < -0.39 is 10.2 Å². The third kappa shape index (κ3) is 2.95. The van der Waals surface area contributed by atoms with Crippen molar-refractivity contribution in [3.05, 3.63) is 0 Å². The second-order valence-electron chi connectivity index (χ2n) is 2.98. The molecule has 1 aliphatic carbocycles. The highest BCUT2D eigenvalue weighted by Gasteiger charge is 2.30. The monoisotopic (exact) mass is 203 g/mol. The Kier molecular flexibility index (Phi) is 3.25. The minimum Gasteiger partial charge on any atom is -0.199 e. The Morgan fingerprint density at radius 3 is 2.62 bits per heavy atom. The van der Waals surface area contributed by atoms with Crippen LogP contribution in [0.25, 0.3) is 0 Å². The van der Waals surface area contributed by atoms with E-state index >= 15 is 0 Å². The summed E-state index contributed by atoms with van der Waals surface area (Å²) in [7, 11) is -3.41. The Morgan fingerprint density at radius 2 is 2.23 bits per heavy atom. The molecule has 1 N–H and O–H groups in total. The third-order valence-corrected chi connectivity index (χ3v) is 3.53. The van der Waals surface area contributed by atoms with Gasteiger partial charge < -0.3 is 0 Å². The van der Waals surface area contributed by atoms with Gasteiger partial charge in [0.15, 0.2) is 0 Å². The molecule has 74 valence electrons. The van der Waals surface area contributed by atoms with Crippen molar-refractivity contribution in [2.24, 2.45) is 0 Å². The Morgan fingerprint density at radius 1 is 1.62 bits per heavy atom. The van der Waals surface area contributed by atoms with Crippen LogP contribution < -0.4 is 4.72 Å². The minimum atomic E-state index is -3.41. The fourth-order valence-electron chi connectivity index (χ4n) is 0.932. The van der Waals surface area contributed by atoms with Gasteiger partial charge in [-0.25, -0.2) is 0 Å². The van der Waals surface area contributed by atoms with Crippen LogP contribution in [0, 0.1) is 11.3 Å². The lowest BCUT2D eigenvalue weighted by Crippen LogP contribution is -2.41. The lowest BCUT2D eigenvalue weighted by Gasteiger charge is -2.16. The Bertz CT molecular complexity index is 302. The Hall–Kier alpha value is -0.640. The van der Waals surface area contributed by atoms with Gasteiger partial charge in [-0.3, -0.25) is 0 Å². The molecule has 0 unspecified atom stereocenters. The van der Waals surface area contributed by atoms with Gasteiger partial charge in [0.1, 0.15) is 6.54 Å². The van der Waals surface area contributed by atoms with Crippen molar-refractivity contribution in [2.75, 3.05) is 13.1 Å². The molecule has 0 amide bonds. The molecule has 0 bridgehead atoms. The maximum Gasteiger partial charge on any atom is 0.280 e. The van der Waals surface area contributed by atoms with Crippen LogP contribution in [0.1, 0.15) is 19.8 Å². The van der Waals surface area contributed by atoms with E-state index in [0.29, 0.717) is 6.54 Å². The number of nitrogens with zero attached hydrogens (tertiary/aromatic N) is 2. The lowest BCUT2D eigenvalue weighted by molar-refractivity contribution is 0.451. The summed E-state index contributed by atoms with van der Waals surface area (Å²) in [5.74, 6) is 0. The van der Waals surface area contributed by atoms with E-state index in [9.17, 15) is 8.42 Å². The SMILES string of the molecule is CCN(CC#N)S(=O)(=O)NC1CC1. The molecule has 5 nitrogen and oxygen atoms in total. The highest BCUT2D eigenvalue weighted by molar-refractivity contribution is 7.87. The minimum absolute atomic E-state index is 0.0848. The molecule has 0 saturated heterocycles. The maximum absolute atomic E-state index is 11.5. The summed E-state index contributed by atoms with van der Waals surface area (Å²) >= 11 is 0. The summed E-state index contributed by atoms with van der Waals surface area (Å²) in [6.45, 7) is 1.96. The predicted molar refractivity (Wildman–Crippen MR) is 47.9 cm³/mol. The first kappa shape index (κ1) is 10.4. The highest BCUT2D eigenvalue weighted by atomic mass is 32.2. The average Bonchev–Trinajstić information content (AvgIpc) is 2.82. The third-order valence-electron chi connectivity index (χ3n) is 1.83. The molecule has 0 aromatic carbocycles. The smallest absolute Gasteiger partial charge is 0.199 e. The molecule has 0 aromatic heterocycles. The Balaban J connectivity index is 2.58. The summed E-state index contributed by atoms with van der Waals surface area (Å²) in [6.07, 6.45) is 1.81. The first-order chi connectivity index (χ1) is 6.10. The van der Waals surface area contributed by atoms with E-state index in [2.05, 4.69) is 4.72 Å². The number of rotatable bonds is 5. The van der Waals surface area contributed by atoms with E-state index in [-0.39, 0.29) is 12.6 Å². The molecule has 1 aliphatic rings. The van der Waals surface area contributed by atoms with Crippen molar-refractivity contribution in [3.63, 3.8) is 0 Å². The van der Waals surface area contributed by atoms with Gasteiger partial charge in [0.25, 0.3) is 10.2 Å². The van der Waals surface area contributed by atoms with E-state index in [1.165, 1.54) is 0 Å². The zero-order chi connectivity index (χ0) is 9.90. The molecular formula is C7H13N3O2S. The van der Waals surface area contributed by atoms with Gasteiger partial charge in [-0.1, -0.05) is 6.92 Å². The van der Waals surface area contributed by atoms with E-state index in [1.807, 2.05) is 6.07 Å². The number of hydrogen-bond donors (Lipinski definition) is 1. The summed E-state index contributed by atoms with van der Waals surface area (Å²) in [5, 5.41) is 8.40. The fraction of sp³-hybridized carbons (Fsp3) is 0.857. The van der Waals surface area contributed by atoms with Crippen LogP contribution in [0.5, 0.6) is 0 Å². The van der Waals surface area contributed by atoms with Crippen molar-refractivity contribution < 1.29 is 8.42 Å².